The molecule has 1 amide bonds. The molecule has 20 heavy (non-hydrogen) atoms. The zero-order valence-electron chi connectivity index (χ0n) is 11.8. The quantitative estimate of drug-likeness (QED) is 0.796. The first-order valence-corrected chi connectivity index (χ1v) is 7.33. The number of halogens is 1. The molecule has 110 valence electrons. The first kappa shape index (κ1) is 15.3. The molecular weight excluding hydrogens is 324 g/mol. The van der Waals surface area contributed by atoms with Crippen LogP contribution < -0.4 is 0 Å². The van der Waals surface area contributed by atoms with Gasteiger partial charge in [0.1, 0.15) is 10.2 Å². The molecule has 5 nitrogen and oxygen atoms in total. The number of rotatable bonds is 1. The molecule has 1 saturated heterocycles. The molecule has 2 atom stereocenters. The molecule has 1 aliphatic heterocycles. The Morgan fingerprint density at radius 2 is 2.20 bits per heavy atom. The van der Waals surface area contributed by atoms with Crippen molar-refractivity contribution in [2.45, 2.75) is 38.4 Å². The van der Waals surface area contributed by atoms with Crippen molar-refractivity contribution < 1.29 is 14.6 Å². The van der Waals surface area contributed by atoms with Gasteiger partial charge >= 0.3 is 6.09 Å². The highest BCUT2D eigenvalue weighted by atomic mass is 79.9. The maximum Gasteiger partial charge on any atom is 0.410 e. The number of aromatic nitrogens is 1. The SMILES string of the molecule is CC(C)(C)OC(=O)N1CC(O)C(c2cccnc2Br)C1. The lowest BCUT2D eigenvalue weighted by molar-refractivity contribution is 0.0270. The summed E-state index contributed by atoms with van der Waals surface area (Å²) >= 11 is 3.38. The Bertz CT molecular complexity index is 501. The van der Waals surface area contributed by atoms with Gasteiger partial charge in [0, 0.05) is 18.7 Å². The zero-order chi connectivity index (χ0) is 14.9. The van der Waals surface area contributed by atoms with Crippen molar-refractivity contribution in [1.29, 1.82) is 0 Å². The molecule has 0 aromatic carbocycles. The third-order valence-electron chi connectivity index (χ3n) is 3.13. The second-order valence-electron chi connectivity index (χ2n) is 5.94. The van der Waals surface area contributed by atoms with E-state index in [-0.39, 0.29) is 18.6 Å². The largest absolute Gasteiger partial charge is 0.444 e. The summed E-state index contributed by atoms with van der Waals surface area (Å²) in [5.41, 5.74) is 0.376. The summed E-state index contributed by atoms with van der Waals surface area (Å²) in [4.78, 5) is 17.7. The highest BCUT2D eigenvalue weighted by Gasteiger charge is 2.37. The van der Waals surface area contributed by atoms with Crippen LogP contribution in [0.15, 0.2) is 22.9 Å². The molecule has 0 radical (unpaired) electrons. The second-order valence-corrected chi connectivity index (χ2v) is 6.69. The number of β-amino-alcohol motifs (C(OH)–C–C–N with tert-alkyl or cyclic N) is 1. The highest BCUT2D eigenvalue weighted by molar-refractivity contribution is 9.10. The molecule has 2 rings (SSSR count). The molecule has 1 fully saturated rings. The lowest BCUT2D eigenvalue weighted by Crippen LogP contribution is -2.35. The van der Waals surface area contributed by atoms with Crippen LogP contribution in [0.2, 0.25) is 0 Å². The first-order chi connectivity index (χ1) is 9.28. The number of likely N-dealkylation sites (tertiary alicyclic amines) is 1. The monoisotopic (exact) mass is 342 g/mol. The Balaban J connectivity index is 2.10. The lowest BCUT2D eigenvalue weighted by atomic mass is 9.98. The van der Waals surface area contributed by atoms with Gasteiger partial charge in [-0.25, -0.2) is 9.78 Å². The molecule has 1 aliphatic rings. The Morgan fingerprint density at radius 1 is 1.50 bits per heavy atom. The zero-order valence-corrected chi connectivity index (χ0v) is 13.4. The molecule has 1 aromatic rings. The maximum atomic E-state index is 12.0. The van der Waals surface area contributed by atoms with Crippen molar-refractivity contribution in [3.05, 3.63) is 28.5 Å². The Labute approximate surface area is 127 Å². The molecule has 0 aliphatic carbocycles. The van der Waals surface area contributed by atoms with Crippen LogP contribution in [0.5, 0.6) is 0 Å². The van der Waals surface area contributed by atoms with Crippen molar-refractivity contribution >= 4 is 22.0 Å². The van der Waals surface area contributed by atoms with Gasteiger partial charge in [0.05, 0.1) is 12.6 Å². The van der Waals surface area contributed by atoms with Gasteiger partial charge in [-0.15, -0.1) is 0 Å². The van der Waals surface area contributed by atoms with E-state index in [0.717, 1.165) is 5.56 Å². The van der Waals surface area contributed by atoms with E-state index in [2.05, 4.69) is 20.9 Å². The molecule has 6 heteroatoms. The standard InChI is InChI=1S/C14H19BrN2O3/c1-14(2,3)20-13(19)17-7-10(11(18)8-17)9-5-4-6-16-12(9)15/h4-6,10-11,18H,7-8H2,1-3H3. The minimum atomic E-state index is -0.608. The summed E-state index contributed by atoms with van der Waals surface area (Å²) in [5, 5.41) is 10.2. The molecule has 0 saturated carbocycles. The summed E-state index contributed by atoms with van der Waals surface area (Å²) in [6, 6.07) is 3.73. The van der Waals surface area contributed by atoms with Crippen LogP contribution in [0.25, 0.3) is 0 Å². The second kappa shape index (κ2) is 5.69. The van der Waals surface area contributed by atoms with Gasteiger partial charge in [-0.3, -0.25) is 0 Å². The van der Waals surface area contributed by atoms with Crippen LogP contribution in [0.3, 0.4) is 0 Å². The van der Waals surface area contributed by atoms with E-state index in [1.165, 1.54) is 0 Å². The van der Waals surface area contributed by atoms with Crippen LogP contribution in [0, 0.1) is 0 Å². The summed E-state index contributed by atoms with van der Waals surface area (Å²) < 4.78 is 6.04. The van der Waals surface area contributed by atoms with Crippen molar-refractivity contribution in [2.24, 2.45) is 0 Å². The van der Waals surface area contributed by atoms with Gasteiger partial charge in [0.2, 0.25) is 0 Å². The van der Waals surface area contributed by atoms with Crippen LogP contribution in [0.4, 0.5) is 4.79 Å². The predicted octanol–water partition coefficient (Wildman–Crippen LogP) is 2.54. The van der Waals surface area contributed by atoms with Gasteiger partial charge < -0.3 is 14.7 Å². The number of nitrogens with zero attached hydrogens (tertiary/aromatic N) is 2. The smallest absolute Gasteiger partial charge is 0.410 e. The van der Waals surface area contributed by atoms with Gasteiger partial charge in [0.25, 0.3) is 0 Å². The number of amides is 1. The summed E-state index contributed by atoms with van der Waals surface area (Å²) in [6.07, 6.45) is 0.683. The molecule has 0 bridgehead atoms. The van der Waals surface area contributed by atoms with E-state index in [1.807, 2.05) is 32.9 Å². The predicted molar refractivity (Wildman–Crippen MR) is 78.5 cm³/mol. The maximum absolute atomic E-state index is 12.0. The number of carbonyl (C=O) groups is 1. The van der Waals surface area contributed by atoms with Crippen LogP contribution in [0.1, 0.15) is 32.3 Å². The molecule has 2 unspecified atom stereocenters. The van der Waals surface area contributed by atoms with E-state index in [4.69, 9.17) is 4.74 Å². The van der Waals surface area contributed by atoms with Crippen LogP contribution in [-0.4, -0.2) is 45.9 Å². The van der Waals surface area contributed by atoms with E-state index in [9.17, 15) is 9.90 Å². The minimum absolute atomic E-state index is 0.148. The Kier molecular flexibility index (Phi) is 4.34. The average Bonchev–Trinajstić information content (AvgIpc) is 2.70. The minimum Gasteiger partial charge on any atom is -0.444 e. The number of hydrogen-bond donors (Lipinski definition) is 1. The van der Waals surface area contributed by atoms with E-state index < -0.39 is 11.7 Å². The number of ether oxygens (including phenoxy) is 1. The van der Waals surface area contributed by atoms with Crippen molar-refractivity contribution in [3.8, 4) is 0 Å². The van der Waals surface area contributed by atoms with E-state index in [0.29, 0.717) is 11.1 Å². The van der Waals surface area contributed by atoms with Crippen LogP contribution >= 0.6 is 15.9 Å². The topological polar surface area (TPSA) is 62.7 Å². The molecule has 1 N–H and O–H groups in total. The third kappa shape index (κ3) is 3.49. The number of hydrogen-bond acceptors (Lipinski definition) is 4. The normalized spacial score (nSPS) is 22.9. The van der Waals surface area contributed by atoms with Crippen LogP contribution in [-0.2, 0) is 4.74 Å². The summed E-state index contributed by atoms with van der Waals surface area (Å²) in [6.45, 7) is 6.19. The summed E-state index contributed by atoms with van der Waals surface area (Å²) in [5.74, 6) is -0.148. The van der Waals surface area contributed by atoms with Gasteiger partial charge in [0.15, 0.2) is 0 Å². The fourth-order valence-electron chi connectivity index (χ4n) is 2.24. The average molecular weight is 343 g/mol. The van der Waals surface area contributed by atoms with Crippen molar-refractivity contribution in [2.75, 3.05) is 13.1 Å². The first-order valence-electron chi connectivity index (χ1n) is 6.54. The number of aliphatic hydroxyl groups excluding tert-OH is 1. The van der Waals surface area contributed by atoms with E-state index >= 15 is 0 Å². The Hall–Kier alpha value is -1.14. The molecule has 2 heterocycles. The fourth-order valence-corrected chi connectivity index (χ4v) is 2.79. The van der Waals surface area contributed by atoms with Gasteiger partial charge in [-0.1, -0.05) is 6.07 Å². The molecule has 0 spiro atoms. The van der Waals surface area contributed by atoms with Gasteiger partial charge in [-0.2, -0.15) is 0 Å². The number of pyridine rings is 1. The third-order valence-corrected chi connectivity index (χ3v) is 3.79. The molecule has 1 aromatic heterocycles. The fraction of sp³-hybridized carbons (Fsp3) is 0.571. The molecular formula is C14H19BrN2O3. The van der Waals surface area contributed by atoms with E-state index in [1.54, 1.807) is 11.1 Å². The van der Waals surface area contributed by atoms with Crippen molar-refractivity contribution in [1.82, 2.24) is 9.88 Å². The van der Waals surface area contributed by atoms with Gasteiger partial charge in [-0.05, 0) is 48.3 Å². The Morgan fingerprint density at radius 3 is 2.80 bits per heavy atom. The van der Waals surface area contributed by atoms with Crippen molar-refractivity contribution in [3.63, 3.8) is 0 Å². The number of aliphatic hydroxyl groups is 1. The highest BCUT2D eigenvalue weighted by Crippen LogP contribution is 2.32. The number of carbonyl (C=O) groups excluding carboxylic acids is 1. The summed E-state index contributed by atoms with van der Waals surface area (Å²) in [7, 11) is 0. The lowest BCUT2D eigenvalue weighted by Gasteiger charge is -2.24.